The van der Waals surface area contributed by atoms with Gasteiger partial charge in [0.2, 0.25) is 11.5 Å². The molecule has 0 aliphatic heterocycles. The third kappa shape index (κ3) is 5.92. The zero-order chi connectivity index (χ0) is 24.0. The van der Waals surface area contributed by atoms with Gasteiger partial charge in [0.1, 0.15) is 5.75 Å². The van der Waals surface area contributed by atoms with E-state index in [9.17, 15) is 4.79 Å². The number of amides is 1. The molecule has 8 heteroatoms. The molecule has 0 unspecified atom stereocenters. The van der Waals surface area contributed by atoms with Gasteiger partial charge in [0.05, 0.1) is 26.9 Å². The fourth-order valence-electron chi connectivity index (χ4n) is 3.59. The highest BCUT2D eigenvalue weighted by Crippen LogP contribution is 2.48. The van der Waals surface area contributed by atoms with Gasteiger partial charge in [0.15, 0.2) is 11.5 Å². The van der Waals surface area contributed by atoms with Crippen molar-refractivity contribution in [3.8, 4) is 28.7 Å². The van der Waals surface area contributed by atoms with E-state index >= 15 is 0 Å². The van der Waals surface area contributed by atoms with Gasteiger partial charge in [-0.3, -0.25) is 4.79 Å². The zero-order valence-electron chi connectivity index (χ0n) is 20.1. The Kier molecular flexibility index (Phi) is 9.59. The van der Waals surface area contributed by atoms with Crippen LogP contribution in [0.1, 0.15) is 27.0 Å². The van der Waals surface area contributed by atoms with Crippen molar-refractivity contribution in [2.75, 3.05) is 33.2 Å². The smallest absolute Gasteiger partial charge is 0.259 e. The van der Waals surface area contributed by atoms with Crippen LogP contribution < -0.4 is 30.0 Å². The normalized spacial score (nSPS) is 10.2. The van der Waals surface area contributed by atoms with Crippen LogP contribution in [0.25, 0.3) is 0 Å². The van der Waals surface area contributed by atoms with Crippen LogP contribution in [-0.4, -0.2) is 33.8 Å². The molecule has 3 N–H and O–H groups in total. The van der Waals surface area contributed by atoms with E-state index in [2.05, 4.69) is 5.32 Å². The molecular weight excluding hydrogens is 456 g/mol. The molecule has 0 aliphatic carbocycles. The molecule has 0 spiro atoms. The molecule has 0 radical (unpaired) electrons. The first kappa shape index (κ1) is 26.8. The number of ether oxygens (including phenoxy) is 4. The third-order valence-electron chi connectivity index (χ3n) is 5.23. The summed E-state index contributed by atoms with van der Waals surface area (Å²) in [5, 5.41) is 2.95. The van der Waals surface area contributed by atoms with E-state index in [1.807, 2.05) is 56.3 Å². The molecule has 0 saturated heterocycles. The highest BCUT2D eigenvalue weighted by atomic mass is 35.5. The first-order valence-electron chi connectivity index (χ1n) is 10.6. The van der Waals surface area contributed by atoms with E-state index in [-0.39, 0.29) is 35.4 Å². The summed E-state index contributed by atoms with van der Waals surface area (Å²) in [6.45, 7) is 4.52. The Morgan fingerprint density at radius 2 is 1.53 bits per heavy atom. The molecule has 0 fully saturated rings. The third-order valence-corrected chi connectivity index (χ3v) is 5.23. The average molecular weight is 487 g/mol. The topological polar surface area (TPSA) is 92.0 Å². The molecule has 34 heavy (non-hydrogen) atoms. The number of carbonyl (C=O) groups is 1. The van der Waals surface area contributed by atoms with Crippen molar-refractivity contribution in [3.05, 3.63) is 70.8 Å². The minimum atomic E-state index is -0.358. The summed E-state index contributed by atoms with van der Waals surface area (Å²) in [5.74, 6) is 1.39. The van der Waals surface area contributed by atoms with E-state index in [1.165, 1.54) is 21.3 Å². The SMILES string of the molecule is COc1c(Oc2ccc(CCN)cc2)cc(C(=O)Nc2ccc(C)cc2C)c(OC)c1OC.Cl. The lowest BCUT2D eigenvalue weighted by atomic mass is 10.1. The van der Waals surface area contributed by atoms with E-state index in [1.54, 1.807) is 6.07 Å². The summed E-state index contributed by atoms with van der Waals surface area (Å²) in [4.78, 5) is 13.3. The van der Waals surface area contributed by atoms with Crippen molar-refractivity contribution in [1.82, 2.24) is 0 Å². The van der Waals surface area contributed by atoms with Gasteiger partial charge in [-0.15, -0.1) is 12.4 Å². The van der Waals surface area contributed by atoms with Gasteiger partial charge in [-0.25, -0.2) is 0 Å². The molecule has 0 saturated carbocycles. The Morgan fingerprint density at radius 1 is 0.882 bits per heavy atom. The lowest BCUT2D eigenvalue weighted by Crippen LogP contribution is -2.15. The van der Waals surface area contributed by atoms with E-state index < -0.39 is 0 Å². The van der Waals surface area contributed by atoms with Crippen molar-refractivity contribution in [2.24, 2.45) is 5.73 Å². The predicted octanol–water partition coefficient (Wildman–Crippen LogP) is 5.30. The number of aryl methyl sites for hydroxylation is 2. The zero-order valence-corrected chi connectivity index (χ0v) is 20.9. The number of halogens is 1. The van der Waals surface area contributed by atoms with Crippen LogP contribution in [0.5, 0.6) is 28.7 Å². The summed E-state index contributed by atoms with van der Waals surface area (Å²) >= 11 is 0. The van der Waals surface area contributed by atoms with Gasteiger partial charge >= 0.3 is 0 Å². The van der Waals surface area contributed by atoms with Crippen molar-refractivity contribution in [3.63, 3.8) is 0 Å². The van der Waals surface area contributed by atoms with Crippen LogP contribution >= 0.6 is 12.4 Å². The maximum absolute atomic E-state index is 13.3. The molecule has 0 atom stereocenters. The van der Waals surface area contributed by atoms with Crippen LogP contribution in [0.15, 0.2) is 48.5 Å². The molecule has 182 valence electrons. The first-order chi connectivity index (χ1) is 15.9. The second-order valence-electron chi connectivity index (χ2n) is 7.58. The summed E-state index contributed by atoms with van der Waals surface area (Å²) in [6.07, 6.45) is 0.780. The van der Waals surface area contributed by atoms with E-state index in [0.717, 1.165) is 23.1 Å². The standard InChI is InChI=1S/C26H30N2O5.ClH/c1-16-6-11-21(17(2)14-16)28-26(29)20-15-22(24(31-4)25(32-5)23(20)30-3)33-19-9-7-18(8-10-19)12-13-27;/h6-11,14-15H,12-13,27H2,1-5H3,(H,28,29);1H. The van der Waals surface area contributed by atoms with Gasteiger partial charge in [-0.1, -0.05) is 29.8 Å². The number of hydrogen-bond donors (Lipinski definition) is 2. The summed E-state index contributed by atoms with van der Waals surface area (Å²) in [6, 6.07) is 15.0. The van der Waals surface area contributed by atoms with Crippen molar-refractivity contribution in [2.45, 2.75) is 20.3 Å². The van der Waals surface area contributed by atoms with Crippen molar-refractivity contribution in [1.29, 1.82) is 0 Å². The minimum absolute atomic E-state index is 0. The van der Waals surface area contributed by atoms with Crippen LogP contribution in [0, 0.1) is 13.8 Å². The van der Waals surface area contributed by atoms with Gasteiger partial charge in [-0.2, -0.15) is 0 Å². The molecule has 1 amide bonds. The Bertz CT molecular complexity index is 1130. The Balaban J connectivity index is 0.00000408. The molecule has 0 bridgehead atoms. The van der Waals surface area contributed by atoms with Crippen molar-refractivity contribution >= 4 is 24.0 Å². The fourth-order valence-corrected chi connectivity index (χ4v) is 3.59. The number of nitrogens with two attached hydrogens (primary N) is 1. The highest BCUT2D eigenvalue weighted by Gasteiger charge is 2.26. The van der Waals surface area contributed by atoms with Gasteiger partial charge < -0.3 is 30.0 Å². The largest absolute Gasteiger partial charge is 0.492 e. The molecule has 3 aromatic carbocycles. The number of anilines is 1. The maximum atomic E-state index is 13.3. The van der Waals surface area contributed by atoms with Crippen LogP contribution in [0.2, 0.25) is 0 Å². The van der Waals surface area contributed by atoms with Crippen LogP contribution in [0.3, 0.4) is 0 Å². The Labute approximate surface area is 206 Å². The monoisotopic (exact) mass is 486 g/mol. The lowest BCUT2D eigenvalue weighted by molar-refractivity contribution is 0.102. The van der Waals surface area contributed by atoms with E-state index in [4.69, 9.17) is 24.7 Å². The number of rotatable bonds is 9. The lowest BCUT2D eigenvalue weighted by Gasteiger charge is -2.19. The highest BCUT2D eigenvalue weighted by molar-refractivity contribution is 6.08. The summed E-state index contributed by atoms with van der Waals surface area (Å²) in [5.41, 5.74) is 9.77. The Hall–Kier alpha value is -3.42. The van der Waals surface area contributed by atoms with Gasteiger partial charge in [0.25, 0.3) is 5.91 Å². The predicted molar refractivity (Wildman–Crippen MR) is 136 cm³/mol. The number of nitrogens with one attached hydrogen (secondary N) is 1. The van der Waals surface area contributed by atoms with Gasteiger partial charge in [0, 0.05) is 11.8 Å². The maximum Gasteiger partial charge on any atom is 0.259 e. The quantitative estimate of drug-likeness (QED) is 0.426. The van der Waals surface area contributed by atoms with E-state index in [0.29, 0.717) is 29.5 Å². The van der Waals surface area contributed by atoms with Gasteiger partial charge in [-0.05, 0) is 56.1 Å². The second-order valence-corrected chi connectivity index (χ2v) is 7.58. The molecule has 3 rings (SSSR count). The number of benzene rings is 3. The molecule has 0 aliphatic rings. The summed E-state index contributed by atoms with van der Waals surface area (Å²) < 4.78 is 22.7. The fraction of sp³-hybridized carbons (Fsp3) is 0.269. The molecule has 3 aromatic rings. The molecule has 0 heterocycles. The Morgan fingerprint density at radius 3 is 2.09 bits per heavy atom. The minimum Gasteiger partial charge on any atom is -0.492 e. The summed E-state index contributed by atoms with van der Waals surface area (Å²) in [7, 11) is 4.46. The number of carbonyl (C=O) groups excluding carboxylic acids is 1. The second kappa shape index (κ2) is 12.2. The molecule has 7 nitrogen and oxygen atoms in total. The van der Waals surface area contributed by atoms with Crippen LogP contribution in [-0.2, 0) is 6.42 Å². The van der Waals surface area contributed by atoms with Crippen LogP contribution in [0.4, 0.5) is 5.69 Å². The van der Waals surface area contributed by atoms with Crippen molar-refractivity contribution < 1.29 is 23.7 Å². The number of methoxy groups -OCH3 is 3. The molecule has 0 aromatic heterocycles. The number of hydrogen-bond acceptors (Lipinski definition) is 6. The molecular formula is C26H31ClN2O5. The average Bonchev–Trinajstić information content (AvgIpc) is 2.81. The first-order valence-corrected chi connectivity index (χ1v) is 10.6.